The molecule has 2 aliphatic heterocycles. The van der Waals surface area contributed by atoms with Crippen LogP contribution in [0.1, 0.15) is 29.5 Å². The first kappa shape index (κ1) is 17.9. The number of hydrogen-bond acceptors (Lipinski definition) is 3. The normalized spacial score (nSPS) is 22.1. The van der Waals surface area contributed by atoms with Gasteiger partial charge in [-0.1, -0.05) is 29.8 Å². The first-order valence-electron chi connectivity index (χ1n) is 8.89. The molecule has 27 heavy (non-hydrogen) atoms. The summed E-state index contributed by atoms with van der Waals surface area (Å²) < 4.78 is 13.6. The quantitative estimate of drug-likeness (QED) is 0.832. The van der Waals surface area contributed by atoms with Gasteiger partial charge in [0.2, 0.25) is 11.8 Å². The van der Waals surface area contributed by atoms with Crippen molar-refractivity contribution in [1.82, 2.24) is 10.2 Å². The van der Waals surface area contributed by atoms with Gasteiger partial charge in [0.05, 0.1) is 12.0 Å². The maximum Gasteiger partial charge on any atom is 0.231 e. The van der Waals surface area contributed by atoms with Gasteiger partial charge in [-0.2, -0.15) is 0 Å². The van der Waals surface area contributed by atoms with Gasteiger partial charge in [0, 0.05) is 36.8 Å². The summed E-state index contributed by atoms with van der Waals surface area (Å²) in [5.41, 5.74) is 1.98. The molecule has 4 rings (SSSR count). The number of nitrogens with zero attached hydrogens (tertiary/aromatic N) is 1. The van der Waals surface area contributed by atoms with Crippen molar-refractivity contribution in [3.05, 3.63) is 64.4 Å². The van der Waals surface area contributed by atoms with Crippen molar-refractivity contribution in [3.8, 4) is 0 Å². The van der Waals surface area contributed by atoms with Crippen LogP contribution in [-0.2, 0) is 9.59 Å². The molecular weight excluding hydrogens is 369 g/mol. The number of nitrogens with one attached hydrogen (secondary N) is 2. The van der Waals surface area contributed by atoms with Crippen LogP contribution in [-0.4, -0.2) is 36.3 Å². The zero-order valence-corrected chi connectivity index (χ0v) is 15.3. The van der Waals surface area contributed by atoms with Gasteiger partial charge in [-0.15, -0.1) is 0 Å². The van der Waals surface area contributed by atoms with Crippen LogP contribution >= 0.6 is 11.6 Å². The summed E-state index contributed by atoms with van der Waals surface area (Å²) in [5.74, 6) is -1.46. The van der Waals surface area contributed by atoms with Gasteiger partial charge in [-0.3, -0.25) is 9.59 Å². The zero-order chi connectivity index (χ0) is 19.0. The van der Waals surface area contributed by atoms with Crippen molar-refractivity contribution >= 4 is 29.1 Å². The maximum absolute atomic E-state index is 13.6. The molecule has 7 heteroatoms. The second kappa shape index (κ2) is 7.29. The minimum atomic E-state index is -0.617. The highest BCUT2D eigenvalue weighted by molar-refractivity contribution is 6.30. The number of carbonyl (C=O) groups excluding carboxylic acids is 2. The van der Waals surface area contributed by atoms with E-state index in [4.69, 9.17) is 11.6 Å². The number of amides is 2. The Bertz CT molecular complexity index is 905. The minimum Gasteiger partial charge on any atom is -0.333 e. The maximum atomic E-state index is 13.6. The number of rotatable bonds is 2. The Hall–Kier alpha value is -2.44. The standard InChI is InChI=1S/C20H19ClFN3O2/c21-13-3-1-2-12(8-13)18-11-23-6-7-25(18)20(27)16-10-19(26)24-17-9-14(22)4-5-15(16)17/h1-5,8-9,16,18,23H,6-7,10-11H2,(H,24,26). The molecule has 0 aliphatic carbocycles. The Morgan fingerprint density at radius 1 is 1.22 bits per heavy atom. The van der Waals surface area contributed by atoms with E-state index in [0.29, 0.717) is 35.9 Å². The molecule has 2 aromatic rings. The average Bonchev–Trinajstić information content (AvgIpc) is 2.66. The van der Waals surface area contributed by atoms with Crippen LogP contribution < -0.4 is 10.6 Å². The summed E-state index contributed by atoms with van der Waals surface area (Å²) in [5, 5.41) is 6.58. The molecular formula is C20H19ClFN3O2. The summed E-state index contributed by atoms with van der Waals surface area (Å²) >= 11 is 6.13. The van der Waals surface area contributed by atoms with E-state index in [-0.39, 0.29) is 24.3 Å². The predicted molar refractivity (Wildman–Crippen MR) is 101 cm³/mol. The van der Waals surface area contributed by atoms with E-state index in [1.54, 1.807) is 17.0 Å². The number of halogens is 2. The third-order valence-corrected chi connectivity index (χ3v) is 5.35. The van der Waals surface area contributed by atoms with E-state index in [2.05, 4.69) is 10.6 Å². The third kappa shape index (κ3) is 3.55. The Balaban J connectivity index is 1.67. The van der Waals surface area contributed by atoms with Gasteiger partial charge in [-0.05, 0) is 35.4 Å². The number of piperazine rings is 1. The molecule has 2 unspecified atom stereocenters. The van der Waals surface area contributed by atoms with Crippen molar-refractivity contribution in [2.75, 3.05) is 25.0 Å². The van der Waals surface area contributed by atoms with Crippen LogP contribution in [0.3, 0.4) is 0 Å². The summed E-state index contributed by atoms with van der Waals surface area (Å²) in [7, 11) is 0. The SMILES string of the molecule is O=C1CC(C(=O)N2CCNCC2c2cccc(Cl)c2)c2ccc(F)cc2N1. The van der Waals surface area contributed by atoms with Gasteiger partial charge in [0.1, 0.15) is 5.82 Å². The minimum absolute atomic E-state index is 0.0592. The van der Waals surface area contributed by atoms with Gasteiger partial charge in [0.15, 0.2) is 0 Å². The molecule has 2 heterocycles. The van der Waals surface area contributed by atoms with Crippen molar-refractivity contribution in [1.29, 1.82) is 0 Å². The topological polar surface area (TPSA) is 61.4 Å². The van der Waals surface area contributed by atoms with Gasteiger partial charge >= 0.3 is 0 Å². The summed E-state index contributed by atoms with van der Waals surface area (Å²) in [6, 6.07) is 11.5. The van der Waals surface area contributed by atoms with Crippen molar-refractivity contribution in [2.45, 2.75) is 18.4 Å². The number of hydrogen-bond donors (Lipinski definition) is 2. The molecule has 140 valence electrons. The molecule has 0 aromatic heterocycles. The second-order valence-corrected chi connectivity index (χ2v) is 7.28. The van der Waals surface area contributed by atoms with Crippen LogP contribution in [0, 0.1) is 5.82 Å². The molecule has 0 saturated carbocycles. The molecule has 1 saturated heterocycles. The fourth-order valence-corrected chi connectivity index (χ4v) is 4.04. The Morgan fingerprint density at radius 3 is 2.89 bits per heavy atom. The Kier molecular flexibility index (Phi) is 4.85. The van der Waals surface area contributed by atoms with Crippen molar-refractivity contribution in [2.24, 2.45) is 0 Å². The number of fused-ring (bicyclic) bond motifs is 1. The Morgan fingerprint density at radius 2 is 2.07 bits per heavy atom. The first-order chi connectivity index (χ1) is 13.0. The fraction of sp³-hybridized carbons (Fsp3) is 0.300. The molecule has 0 spiro atoms. The molecule has 2 atom stereocenters. The smallest absolute Gasteiger partial charge is 0.231 e. The van der Waals surface area contributed by atoms with Gasteiger partial charge < -0.3 is 15.5 Å². The van der Waals surface area contributed by atoms with Gasteiger partial charge in [0.25, 0.3) is 0 Å². The first-order valence-corrected chi connectivity index (χ1v) is 9.26. The second-order valence-electron chi connectivity index (χ2n) is 6.84. The van der Waals surface area contributed by atoms with E-state index in [1.807, 2.05) is 18.2 Å². The molecule has 1 fully saturated rings. The number of carbonyl (C=O) groups is 2. The lowest BCUT2D eigenvalue weighted by atomic mass is 9.88. The van der Waals surface area contributed by atoms with Crippen LogP contribution in [0.2, 0.25) is 5.02 Å². The molecule has 0 bridgehead atoms. The highest BCUT2D eigenvalue weighted by Crippen LogP contribution is 2.36. The largest absolute Gasteiger partial charge is 0.333 e. The number of anilines is 1. The molecule has 2 amide bonds. The lowest BCUT2D eigenvalue weighted by Gasteiger charge is -2.39. The van der Waals surface area contributed by atoms with E-state index < -0.39 is 11.7 Å². The van der Waals surface area contributed by atoms with Gasteiger partial charge in [-0.25, -0.2) is 4.39 Å². The molecule has 0 radical (unpaired) electrons. The summed E-state index contributed by atoms with van der Waals surface area (Å²) in [6.45, 7) is 1.82. The summed E-state index contributed by atoms with van der Waals surface area (Å²) in [4.78, 5) is 27.3. The lowest BCUT2D eigenvalue weighted by Crippen LogP contribution is -2.50. The van der Waals surface area contributed by atoms with E-state index in [1.165, 1.54) is 12.1 Å². The molecule has 5 nitrogen and oxygen atoms in total. The van der Waals surface area contributed by atoms with Crippen LogP contribution in [0.5, 0.6) is 0 Å². The summed E-state index contributed by atoms with van der Waals surface area (Å²) in [6.07, 6.45) is 0.0592. The Labute approximate surface area is 161 Å². The van der Waals surface area contributed by atoms with Crippen molar-refractivity contribution < 1.29 is 14.0 Å². The highest BCUT2D eigenvalue weighted by atomic mass is 35.5. The monoisotopic (exact) mass is 387 g/mol. The third-order valence-electron chi connectivity index (χ3n) is 5.11. The fourth-order valence-electron chi connectivity index (χ4n) is 3.84. The van der Waals surface area contributed by atoms with Crippen molar-refractivity contribution in [3.63, 3.8) is 0 Å². The lowest BCUT2D eigenvalue weighted by molar-refractivity contribution is -0.138. The van der Waals surface area contributed by atoms with E-state index in [0.717, 1.165) is 5.56 Å². The van der Waals surface area contributed by atoms with E-state index in [9.17, 15) is 14.0 Å². The van der Waals surface area contributed by atoms with Crippen LogP contribution in [0.4, 0.5) is 10.1 Å². The number of benzene rings is 2. The average molecular weight is 388 g/mol. The van der Waals surface area contributed by atoms with Crippen LogP contribution in [0.15, 0.2) is 42.5 Å². The molecule has 2 aliphatic rings. The highest BCUT2D eigenvalue weighted by Gasteiger charge is 2.37. The van der Waals surface area contributed by atoms with Crippen LogP contribution in [0.25, 0.3) is 0 Å². The predicted octanol–water partition coefficient (Wildman–Crippen LogP) is 3.08. The molecule has 2 aromatic carbocycles. The zero-order valence-electron chi connectivity index (χ0n) is 14.5. The molecule has 2 N–H and O–H groups in total. The van der Waals surface area contributed by atoms with E-state index >= 15 is 0 Å².